The molecule has 4 aliphatic heterocycles. The van der Waals surface area contributed by atoms with Crippen LogP contribution in [0, 0.1) is 52.8 Å². The number of hydrogen-bond acceptors (Lipinski definition) is 9. The smallest absolute Gasteiger partial charge is 0.310 e. The number of ether oxygens (including phenoxy) is 2. The molecule has 0 aromatic rings. The number of fused-ring (bicyclic) bond motifs is 10. The van der Waals surface area contributed by atoms with E-state index in [0.29, 0.717) is 25.7 Å². The van der Waals surface area contributed by atoms with Crippen molar-refractivity contribution in [3.05, 3.63) is 24.3 Å². The maximum absolute atomic E-state index is 14.7. The van der Waals surface area contributed by atoms with Crippen LogP contribution in [-0.2, 0) is 23.9 Å². The standard InChI is InChI=1S/C40H52F4N2O7/c1-21-3-5-23-27(19-45-13-9-36(41,42)10-14-45)34(48)52-32(23)30-25(21)17-29(47)38(30)7-8-39(50)31-26(18-40(38,39)51)22(2)4-6-24-28(35(49)53-33(24)31)20-46-15-11-37(43,44)12-16-46/h23-28,30-33,50-51H,1-20H2/t23-,24-,25-,26-,27?,28?,30-,31-,32-,33-,38+,39-,40-/m0/s1. The number of Topliss-reactive ketones (excluding diaryl/α,β-unsaturated/α-hetero) is 1. The van der Waals surface area contributed by atoms with Gasteiger partial charge in [0.25, 0.3) is 11.8 Å². The maximum atomic E-state index is 14.7. The summed E-state index contributed by atoms with van der Waals surface area (Å²) < 4.78 is 68.3. The highest BCUT2D eigenvalue weighted by Gasteiger charge is 2.83. The van der Waals surface area contributed by atoms with Gasteiger partial charge in [-0.2, -0.15) is 0 Å². The van der Waals surface area contributed by atoms with Gasteiger partial charge in [0, 0.05) is 95.0 Å². The van der Waals surface area contributed by atoms with Gasteiger partial charge in [0.05, 0.1) is 17.3 Å². The number of rotatable bonds is 4. The Labute approximate surface area is 307 Å². The highest BCUT2D eigenvalue weighted by Crippen LogP contribution is 2.74. The molecule has 1 spiro atoms. The van der Waals surface area contributed by atoms with E-state index in [0.717, 1.165) is 11.1 Å². The van der Waals surface area contributed by atoms with Crippen molar-refractivity contribution < 1.29 is 51.6 Å². The molecule has 9 aliphatic rings. The van der Waals surface area contributed by atoms with E-state index in [1.165, 1.54) is 0 Å². The van der Waals surface area contributed by atoms with Gasteiger partial charge in [0.2, 0.25) is 0 Å². The molecular formula is C40H52F4N2O7. The highest BCUT2D eigenvalue weighted by atomic mass is 19.3. The van der Waals surface area contributed by atoms with E-state index in [1.54, 1.807) is 0 Å². The Morgan fingerprint density at radius 3 is 1.66 bits per heavy atom. The minimum absolute atomic E-state index is 0.0534. The molecule has 9 nitrogen and oxygen atoms in total. The molecule has 0 aromatic carbocycles. The summed E-state index contributed by atoms with van der Waals surface area (Å²) in [6, 6.07) is 0. The van der Waals surface area contributed by atoms with Gasteiger partial charge in [-0.1, -0.05) is 24.3 Å². The fourth-order valence-electron chi connectivity index (χ4n) is 13.4. The average Bonchev–Trinajstić information content (AvgIpc) is 3.76. The number of carbonyl (C=O) groups excluding carboxylic acids is 3. The molecule has 4 heterocycles. The van der Waals surface area contributed by atoms with Gasteiger partial charge in [-0.05, 0) is 56.8 Å². The second-order valence-corrected chi connectivity index (χ2v) is 18.4. The molecule has 13 heteroatoms. The topological polar surface area (TPSA) is 117 Å². The van der Waals surface area contributed by atoms with Crippen LogP contribution >= 0.6 is 0 Å². The minimum Gasteiger partial charge on any atom is -0.461 e. The number of alkyl halides is 4. The molecule has 292 valence electrons. The quantitative estimate of drug-likeness (QED) is 0.243. The lowest BCUT2D eigenvalue weighted by Gasteiger charge is -2.48. The summed E-state index contributed by atoms with van der Waals surface area (Å²) in [5.74, 6) is -10.4. The van der Waals surface area contributed by atoms with Crippen LogP contribution in [-0.4, -0.2) is 112 Å². The van der Waals surface area contributed by atoms with E-state index >= 15 is 0 Å². The molecule has 0 aromatic heterocycles. The second-order valence-electron chi connectivity index (χ2n) is 18.4. The number of aliphatic hydroxyl groups is 2. The SMILES string of the molecule is C=C1CC[C@H]2C(CN3CCC(F)(F)CC3)C(=O)O[C@@H]2[C@@H]2[C@H]1C[C@@]1(O)[C@]2(O)CC[C@]12C(=O)C[C@H]1C(=C)CC[C@H]3C(CN4CCC(F)(F)CC4)C(=O)O[C@@H]3[C@H]12. The van der Waals surface area contributed by atoms with Gasteiger partial charge in [0.15, 0.2) is 0 Å². The third-order valence-electron chi connectivity index (χ3n) is 16.2. The molecule has 4 saturated heterocycles. The molecule has 0 radical (unpaired) electrons. The zero-order chi connectivity index (χ0) is 37.5. The molecule has 53 heavy (non-hydrogen) atoms. The lowest BCUT2D eigenvalue weighted by atomic mass is 9.59. The predicted octanol–water partition coefficient (Wildman–Crippen LogP) is 4.55. The monoisotopic (exact) mass is 748 g/mol. The summed E-state index contributed by atoms with van der Waals surface area (Å²) >= 11 is 0. The molecule has 9 rings (SSSR count). The normalized spacial score (nSPS) is 49.1. The first kappa shape index (κ1) is 36.3. The number of esters is 2. The number of piperidine rings is 2. The first-order valence-corrected chi connectivity index (χ1v) is 19.9. The Morgan fingerprint density at radius 2 is 1.15 bits per heavy atom. The number of halogens is 4. The Bertz CT molecular complexity index is 1600. The van der Waals surface area contributed by atoms with Crippen LogP contribution in [0.5, 0.6) is 0 Å². The van der Waals surface area contributed by atoms with Crippen LogP contribution < -0.4 is 0 Å². The lowest BCUT2D eigenvalue weighted by Crippen LogP contribution is -2.63. The summed E-state index contributed by atoms with van der Waals surface area (Å²) in [7, 11) is 0. The van der Waals surface area contributed by atoms with E-state index in [9.17, 15) is 42.2 Å². The third kappa shape index (κ3) is 5.17. The first-order valence-electron chi connectivity index (χ1n) is 19.9. The van der Waals surface area contributed by atoms with E-state index in [1.807, 2.05) is 9.80 Å². The highest BCUT2D eigenvalue weighted by molar-refractivity contribution is 5.91. The molecule has 5 aliphatic carbocycles. The summed E-state index contributed by atoms with van der Waals surface area (Å²) in [6.45, 7) is 10.1. The molecule has 9 fully saturated rings. The van der Waals surface area contributed by atoms with E-state index < -0.39 is 82.2 Å². The number of carbonyl (C=O) groups is 3. The van der Waals surface area contributed by atoms with Crippen molar-refractivity contribution in [1.82, 2.24) is 9.80 Å². The first-order chi connectivity index (χ1) is 25.0. The van der Waals surface area contributed by atoms with Crippen molar-refractivity contribution in [2.45, 2.75) is 112 Å². The number of nitrogens with zero attached hydrogens (tertiary/aromatic N) is 2. The van der Waals surface area contributed by atoms with Crippen molar-refractivity contribution >= 4 is 17.7 Å². The zero-order valence-corrected chi connectivity index (χ0v) is 30.3. The van der Waals surface area contributed by atoms with Crippen LogP contribution in [0.4, 0.5) is 17.6 Å². The van der Waals surface area contributed by atoms with Crippen LogP contribution in [0.2, 0.25) is 0 Å². The molecule has 2 unspecified atom stereocenters. The maximum Gasteiger partial charge on any atom is 0.310 e. The summed E-state index contributed by atoms with van der Waals surface area (Å²) in [5, 5.41) is 26.4. The van der Waals surface area contributed by atoms with E-state index in [2.05, 4.69) is 13.2 Å². The van der Waals surface area contributed by atoms with E-state index in [4.69, 9.17) is 9.47 Å². The van der Waals surface area contributed by atoms with Crippen LogP contribution in [0.3, 0.4) is 0 Å². The van der Waals surface area contributed by atoms with Crippen molar-refractivity contribution in [3.8, 4) is 0 Å². The predicted molar refractivity (Wildman–Crippen MR) is 181 cm³/mol. The Balaban J connectivity index is 1.03. The third-order valence-corrected chi connectivity index (χ3v) is 16.2. The molecule has 2 N–H and O–H groups in total. The van der Waals surface area contributed by atoms with Gasteiger partial charge in [-0.15, -0.1) is 0 Å². The van der Waals surface area contributed by atoms with Gasteiger partial charge in [-0.3, -0.25) is 14.4 Å². The Morgan fingerprint density at radius 1 is 0.679 bits per heavy atom. The fourth-order valence-corrected chi connectivity index (χ4v) is 13.4. The Hall–Kier alpha value is -2.35. The summed E-state index contributed by atoms with van der Waals surface area (Å²) in [5.41, 5.74) is -3.51. The summed E-state index contributed by atoms with van der Waals surface area (Å²) in [4.78, 5) is 45.8. The van der Waals surface area contributed by atoms with Gasteiger partial charge in [0.1, 0.15) is 29.2 Å². The van der Waals surface area contributed by atoms with E-state index in [-0.39, 0.29) is 114 Å². The van der Waals surface area contributed by atoms with Gasteiger partial charge >= 0.3 is 11.9 Å². The molecule has 5 saturated carbocycles. The van der Waals surface area contributed by atoms with Crippen molar-refractivity contribution in [2.24, 2.45) is 52.8 Å². The molecule has 0 amide bonds. The Kier molecular flexibility index (Phi) is 8.27. The van der Waals surface area contributed by atoms with Crippen molar-refractivity contribution in [1.29, 1.82) is 0 Å². The number of hydrogen-bond donors (Lipinski definition) is 2. The average molecular weight is 749 g/mol. The number of ketones is 1. The lowest BCUT2D eigenvalue weighted by molar-refractivity contribution is -0.205. The zero-order valence-electron chi connectivity index (χ0n) is 30.3. The van der Waals surface area contributed by atoms with Crippen LogP contribution in [0.1, 0.15) is 77.0 Å². The largest absolute Gasteiger partial charge is 0.461 e. The van der Waals surface area contributed by atoms with Crippen LogP contribution in [0.25, 0.3) is 0 Å². The van der Waals surface area contributed by atoms with Gasteiger partial charge < -0.3 is 29.5 Å². The van der Waals surface area contributed by atoms with Gasteiger partial charge in [-0.25, -0.2) is 17.6 Å². The fraction of sp³-hybridized carbons (Fsp3) is 0.825. The molecule has 0 bridgehead atoms. The number of allylic oxidation sites excluding steroid dienone is 2. The van der Waals surface area contributed by atoms with Crippen molar-refractivity contribution in [2.75, 3.05) is 39.3 Å². The van der Waals surface area contributed by atoms with Crippen LogP contribution in [0.15, 0.2) is 24.3 Å². The minimum atomic E-state index is -2.72. The number of likely N-dealkylation sites (tertiary alicyclic amines) is 2. The molecule has 13 atom stereocenters. The second kappa shape index (κ2) is 12.1. The summed E-state index contributed by atoms with van der Waals surface area (Å²) in [6.07, 6.45) is 0.167. The molecular weight excluding hydrogens is 696 g/mol. The van der Waals surface area contributed by atoms with Crippen molar-refractivity contribution in [3.63, 3.8) is 0 Å².